The first kappa shape index (κ1) is 22.1. The predicted molar refractivity (Wildman–Crippen MR) is 120 cm³/mol. The number of anilines is 1. The van der Waals surface area contributed by atoms with E-state index in [0.717, 1.165) is 10.2 Å². The molecule has 1 aliphatic heterocycles. The highest BCUT2D eigenvalue weighted by atomic mass is 79.9. The van der Waals surface area contributed by atoms with E-state index in [4.69, 9.17) is 14.4 Å². The molecule has 0 aliphatic carbocycles. The Hall–Kier alpha value is -3.13. The second-order valence-electron chi connectivity index (χ2n) is 7.01. The third-order valence-electron chi connectivity index (χ3n) is 5.03. The van der Waals surface area contributed by atoms with E-state index in [1.165, 1.54) is 28.8 Å². The summed E-state index contributed by atoms with van der Waals surface area (Å²) in [5.41, 5.74) is 1.09. The van der Waals surface area contributed by atoms with Crippen molar-refractivity contribution in [1.29, 1.82) is 5.26 Å². The normalized spacial score (nSPS) is 14.7. The van der Waals surface area contributed by atoms with Gasteiger partial charge in [0.1, 0.15) is 5.75 Å². The van der Waals surface area contributed by atoms with Gasteiger partial charge in [-0.15, -0.1) is 0 Å². The van der Waals surface area contributed by atoms with Gasteiger partial charge in [0.2, 0.25) is 15.8 Å². The fourth-order valence-corrected chi connectivity index (χ4v) is 5.36. The highest BCUT2D eigenvalue weighted by Crippen LogP contribution is 2.32. The van der Waals surface area contributed by atoms with Crippen molar-refractivity contribution >= 4 is 37.6 Å². The number of hydrogen-bond acceptors (Lipinski definition) is 7. The summed E-state index contributed by atoms with van der Waals surface area (Å²) in [6.45, 7) is 1.46. The lowest BCUT2D eigenvalue weighted by molar-refractivity contribution is 0.0701. The summed E-state index contributed by atoms with van der Waals surface area (Å²) in [7, 11) is -3.70. The van der Waals surface area contributed by atoms with Gasteiger partial charge in [-0.3, -0.25) is 0 Å². The molecule has 0 N–H and O–H groups in total. The number of ether oxygens (including phenoxy) is 1. The molecule has 1 fully saturated rings. The third kappa shape index (κ3) is 4.55. The summed E-state index contributed by atoms with van der Waals surface area (Å²) in [4.78, 5) is 14.3. The minimum atomic E-state index is -3.70. The van der Waals surface area contributed by atoms with Gasteiger partial charge in [0.15, 0.2) is 0 Å². The molecule has 0 bridgehead atoms. The second-order valence-corrected chi connectivity index (χ2v) is 9.80. The number of piperazine rings is 1. The number of carbonyl (C=O) groups is 1. The molecule has 0 spiro atoms. The maximum atomic E-state index is 13.0. The minimum absolute atomic E-state index is 0.105. The lowest BCUT2D eigenvalue weighted by Crippen LogP contribution is -2.48. The van der Waals surface area contributed by atoms with Gasteiger partial charge in [0.05, 0.1) is 28.5 Å². The van der Waals surface area contributed by atoms with Crippen LogP contribution >= 0.6 is 15.9 Å². The first-order valence-corrected chi connectivity index (χ1v) is 11.9. The Balaban J connectivity index is 1.47. The Bertz CT molecular complexity index is 1280. The Labute approximate surface area is 193 Å². The summed E-state index contributed by atoms with van der Waals surface area (Å²) in [6, 6.07) is 16.3. The number of nitriles is 1. The number of carbonyl (C=O) groups excluding carboxylic acids is 1. The zero-order valence-electron chi connectivity index (χ0n) is 16.8. The summed E-state index contributed by atoms with van der Waals surface area (Å²) in [5.74, 6) is -0.138. The van der Waals surface area contributed by atoms with Crippen molar-refractivity contribution in [3.8, 4) is 11.8 Å². The molecule has 2 heterocycles. The van der Waals surface area contributed by atoms with E-state index in [0.29, 0.717) is 24.4 Å². The summed E-state index contributed by atoms with van der Waals surface area (Å²) >= 11 is 3.51. The summed E-state index contributed by atoms with van der Waals surface area (Å²) in [6.07, 6.45) is 1.40. The van der Waals surface area contributed by atoms with Crippen molar-refractivity contribution in [2.24, 2.45) is 0 Å². The first-order chi connectivity index (χ1) is 15.4. The minimum Gasteiger partial charge on any atom is -0.457 e. The average molecular weight is 516 g/mol. The van der Waals surface area contributed by atoms with Crippen molar-refractivity contribution in [3.05, 3.63) is 76.7 Å². The van der Waals surface area contributed by atoms with Gasteiger partial charge in [-0.1, -0.05) is 6.07 Å². The van der Waals surface area contributed by atoms with E-state index in [1.54, 1.807) is 36.4 Å². The van der Waals surface area contributed by atoms with Gasteiger partial charge in [-0.2, -0.15) is 9.57 Å². The van der Waals surface area contributed by atoms with Gasteiger partial charge in [0.25, 0.3) is 0 Å². The van der Waals surface area contributed by atoms with E-state index in [2.05, 4.69) is 15.9 Å². The van der Waals surface area contributed by atoms with Crippen LogP contribution in [0, 0.1) is 11.3 Å². The van der Waals surface area contributed by atoms with Crippen molar-refractivity contribution in [3.63, 3.8) is 0 Å². The van der Waals surface area contributed by atoms with Gasteiger partial charge in [-0.25, -0.2) is 13.2 Å². The second kappa shape index (κ2) is 9.16. The number of hydrogen-bond donors (Lipinski definition) is 0. The number of sulfonamides is 1. The molecule has 0 atom stereocenters. The molecule has 2 aromatic carbocycles. The molecule has 0 saturated carbocycles. The fraction of sp³-hybridized carbons (Fsp3) is 0.182. The van der Waals surface area contributed by atoms with Crippen molar-refractivity contribution in [1.82, 2.24) is 4.31 Å². The van der Waals surface area contributed by atoms with Crippen molar-refractivity contribution in [2.45, 2.75) is 4.90 Å². The number of benzene rings is 2. The highest BCUT2D eigenvalue weighted by Gasteiger charge is 2.29. The highest BCUT2D eigenvalue weighted by molar-refractivity contribution is 9.10. The van der Waals surface area contributed by atoms with Gasteiger partial charge in [-0.05, 0) is 58.4 Å². The van der Waals surface area contributed by atoms with Gasteiger partial charge >= 0.3 is 5.97 Å². The van der Waals surface area contributed by atoms with Crippen LogP contribution in [0.4, 0.5) is 5.69 Å². The quantitative estimate of drug-likeness (QED) is 0.377. The van der Waals surface area contributed by atoms with Crippen LogP contribution in [-0.2, 0) is 10.0 Å². The van der Waals surface area contributed by atoms with Crippen LogP contribution in [0.2, 0.25) is 0 Å². The van der Waals surface area contributed by atoms with Crippen LogP contribution in [0.3, 0.4) is 0 Å². The van der Waals surface area contributed by atoms with E-state index in [-0.39, 0.29) is 23.7 Å². The molecule has 32 heavy (non-hydrogen) atoms. The van der Waals surface area contributed by atoms with Crippen LogP contribution in [0.25, 0.3) is 0 Å². The lowest BCUT2D eigenvalue weighted by atomic mass is 10.2. The Morgan fingerprint density at radius 3 is 2.53 bits per heavy atom. The number of furan rings is 1. The average Bonchev–Trinajstić information content (AvgIpc) is 3.36. The number of nitrogens with zero attached hydrogens (tertiary/aromatic N) is 3. The molecule has 3 aromatic rings. The van der Waals surface area contributed by atoms with E-state index in [9.17, 15) is 13.2 Å². The monoisotopic (exact) mass is 515 g/mol. The number of rotatable bonds is 5. The molecule has 10 heteroatoms. The molecule has 0 amide bonds. The SMILES string of the molecule is N#Cc1cccc(S(=O)(=O)N2CCN(c3cc(OC(=O)c4ccco4)ccc3Br)CC2)c1. The molecule has 164 valence electrons. The van der Waals surface area contributed by atoms with Crippen LogP contribution in [0.1, 0.15) is 16.1 Å². The number of halogens is 1. The Kier molecular flexibility index (Phi) is 6.32. The molecular formula is C22H18BrN3O5S. The molecule has 1 aromatic heterocycles. The van der Waals surface area contributed by atoms with Crippen molar-refractivity contribution < 1.29 is 22.4 Å². The standard InChI is InChI=1S/C22H18BrN3O5S/c23-19-7-6-17(31-22(27)21-5-2-12-30-21)14-20(19)25-8-10-26(11-9-25)32(28,29)18-4-1-3-16(13-18)15-24/h1-7,12-14H,8-11H2. The molecule has 1 aliphatic rings. The predicted octanol–water partition coefficient (Wildman–Crippen LogP) is 3.64. The summed E-state index contributed by atoms with van der Waals surface area (Å²) in [5, 5.41) is 9.05. The van der Waals surface area contributed by atoms with Gasteiger partial charge < -0.3 is 14.1 Å². The maximum Gasteiger partial charge on any atom is 0.379 e. The van der Waals surface area contributed by atoms with Crippen LogP contribution < -0.4 is 9.64 Å². The molecule has 1 saturated heterocycles. The lowest BCUT2D eigenvalue weighted by Gasteiger charge is -2.36. The van der Waals surface area contributed by atoms with Crippen molar-refractivity contribution in [2.75, 3.05) is 31.1 Å². The molecule has 0 radical (unpaired) electrons. The number of esters is 1. The topological polar surface area (TPSA) is 104 Å². The van der Waals surface area contributed by atoms with Gasteiger partial charge in [0, 0.05) is 36.7 Å². The largest absolute Gasteiger partial charge is 0.457 e. The zero-order chi connectivity index (χ0) is 22.7. The maximum absolute atomic E-state index is 13.0. The van der Waals surface area contributed by atoms with E-state index < -0.39 is 16.0 Å². The molecule has 4 rings (SSSR count). The Morgan fingerprint density at radius 1 is 1.06 bits per heavy atom. The molecular weight excluding hydrogens is 498 g/mol. The fourth-order valence-electron chi connectivity index (χ4n) is 3.39. The smallest absolute Gasteiger partial charge is 0.379 e. The van der Waals surface area contributed by atoms with E-state index in [1.807, 2.05) is 11.0 Å². The first-order valence-electron chi connectivity index (χ1n) is 9.69. The molecule has 0 unspecified atom stereocenters. The summed E-state index contributed by atoms with van der Waals surface area (Å²) < 4.78 is 38.6. The zero-order valence-corrected chi connectivity index (χ0v) is 19.2. The Morgan fingerprint density at radius 2 is 1.84 bits per heavy atom. The third-order valence-corrected chi connectivity index (χ3v) is 7.60. The molecule has 8 nitrogen and oxygen atoms in total. The van der Waals surface area contributed by atoms with Crippen LogP contribution in [-0.4, -0.2) is 44.9 Å². The van der Waals surface area contributed by atoms with E-state index >= 15 is 0 Å². The van der Waals surface area contributed by atoms with Crippen LogP contribution in [0.15, 0.2) is 74.6 Å². The van der Waals surface area contributed by atoms with Crippen LogP contribution in [0.5, 0.6) is 5.75 Å².